The number of benzene rings is 1. The average molecular weight is 537 g/mol. The number of nitrogens with one attached hydrogen (secondary N) is 2. The van der Waals surface area contributed by atoms with Gasteiger partial charge >= 0.3 is 0 Å². The topological polar surface area (TPSA) is 68.7 Å². The summed E-state index contributed by atoms with van der Waals surface area (Å²) in [6, 6.07) is 8.41. The molecule has 0 spiro atoms. The third-order valence-corrected chi connectivity index (χ3v) is 5.40. The summed E-state index contributed by atoms with van der Waals surface area (Å²) in [7, 11) is 0. The molecule has 31 heavy (non-hydrogen) atoms. The van der Waals surface area contributed by atoms with Crippen molar-refractivity contribution in [2.45, 2.75) is 33.7 Å². The Kier molecular flexibility index (Phi) is 11.0. The number of aliphatic imine (C=N–C) groups is 1. The van der Waals surface area contributed by atoms with Crippen LogP contribution in [0.25, 0.3) is 0 Å². The SMILES string of the molecule is CCNC(=NCc1ccc(C)cc1C)NCCCN1CCN(c2ncccn2)CC1.I. The molecule has 170 valence electrons. The first-order valence-electron chi connectivity index (χ1n) is 11.0. The number of aromatic nitrogens is 2. The molecule has 0 amide bonds. The van der Waals surface area contributed by atoms with E-state index >= 15 is 0 Å². The number of aryl methyl sites for hydroxylation is 2. The van der Waals surface area contributed by atoms with Crippen LogP contribution in [0.5, 0.6) is 0 Å². The van der Waals surface area contributed by atoms with E-state index in [0.29, 0.717) is 6.54 Å². The van der Waals surface area contributed by atoms with Crippen molar-refractivity contribution in [2.24, 2.45) is 4.99 Å². The summed E-state index contributed by atoms with van der Waals surface area (Å²) in [5, 5.41) is 6.83. The number of piperazine rings is 1. The van der Waals surface area contributed by atoms with E-state index in [1.54, 1.807) is 0 Å². The molecule has 3 rings (SSSR count). The minimum absolute atomic E-state index is 0. The lowest BCUT2D eigenvalue weighted by atomic mass is 10.1. The summed E-state index contributed by atoms with van der Waals surface area (Å²) in [5.74, 6) is 1.73. The molecule has 0 saturated carbocycles. The number of anilines is 1. The summed E-state index contributed by atoms with van der Waals surface area (Å²) < 4.78 is 0. The second-order valence-electron chi connectivity index (χ2n) is 7.78. The van der Waals surface area contributed by atoms with Gasteiger partial charge in [0.15, 0.2) is 5.96 Å². The lowest BCUT2D eigenvalue weighted by Crippen LogP contribution is -2.47. The molecular weight excluding hydrogens is 501 g/mol. The third-order valence-electron chi connectivity index (χ3n) is 5.40. The van der Waals surface area contributed by atoms with E-state index in [4.69, 9.17) is 4.99 Å². The van der Waals surface area contributed by atoms with Crippen LogP contribution in [0.4, 0.5) is 5.95 Å². The highest BCUT2D eigenvalue weighted by Gasteiger charge is 2.18. The monoisotopic (exact) mass is 537 g/mol. The molecule has 2 heterocycles. The summed E-state index contributed by atoms with van der Waals surface area (Å²) in [4.78, 5) is 18.2. The first kappa shape index (κ1) is 25.3. The molecule has 1 fully saturated rings. The maximum atomic E-state index is 4.76. The second kappa shape index (κ2) is 13.5. The maximum Gasteiger partial charge on any atom is 0.225 e. The molecule has 2 aromatic rings. The van der Waals surface area contributed by atoms with Crippen molar-refractivity contribution in [2.75, 3.05) is 50.7 Å². The van der Waals surface area contributed by atoms with Crippen LogP contribution >= 0.6 is 24.0 Å². The van der Waals surface area contributed by atoms with Crippen molar-refractivity contribution >= 4 is 35.9 Å². The van der Waals surface area contributed by atoms with Crippen molar-refractivity contribution in [1.82, 2.24) is 25.5 Å². The molecule has 0 unspecified atom stereocenters. The van der Waals surface area contributed by atoms with Gasteiger partial charge in [-0.1, -0.05) is 23.8 Å². The molecule has 1 aliphatic heterocycles. The van der Waals surface area contributed by atoms with Gasteiger partial charge in [0.1, 0.15) is 0 Å². The minimum Gasteiger partial charge on any atom is -0.357 e. The van der Waals surface area contributed by atoms with E-state index in [1.807, 2.05) is 18.5 Å². The van der Waals surface area contributed by atoms with Gasteiger partial charge in [-0.25, -0.2) is 15.0 Å². The summed E-state index contributed by atoms with van der Waals surface area (Å²) >= 11 is 0. The van der Waals surface area contributed by atoms with Crippen molar-refractivity contribution in [3.05, 3.63) is 53.3 Å². The van der Waals surface area contributed by atoms with Crippen LogP contribution in [-0.4, -0.2) is 66.6 Å². The second-order valence-corrected chi connectivity index (χ2v) is 7.78. The number of halogens is 1. The summed E-state index contributed by atoms with van der Waals surface area (Å²) in [5.41, 5.74) is 3.87. The molecule has 1 aliphatic rings. The first-order chi connectivity index (χ1) is 14.7. The van der Waals surface area contributed by atoms with Crippen molar-refractivity contribution in [3.8, 4) is 0 Å². The number of guanidine groups is 1. The highest BCUT2D eigenvalue weighted by Crippen LogP contribution is 2.12. The van der Waals surface area contributed by atoms with Crippen molar-refractivity contribution in [1.29, 1.82) is 0 Å². The van der Waals surface area contributed by atoms with Crippen molar-refractivity contribution in [3.63, 3.8) is 0 Å². The average Bonchev–Trinajstić information content (AvgIpc) is 2.77. The van der Waals surface area contributed by atoms with Gasteiger partial charge in [0.05, 0.1) is 6.54 Å². The van der Waals surface area contributed by atoms with E-state index in [-0.39, 0.29) is 24.0 Å². The molecule has 0 atom stereocenters. The zero-order chi connectivity index (χ0) is 21.2. The van der Waals surface area contributed by atoms with E-state index in [9.17, 15) is 0 Å². The molecule has 8 heteroatoms. The van der Waals surface area contributed by atoms with Crippen LogP contribution < -0.4 is 15.5 Å². The van der Waals surface area contributed by atoms with Gasteiger partial charge in [0, 0.05) is 51.7 Å². The Morgan fingerprint density at radius 2 is 1.81 bits per heavy atom. The Labute approximate surface area is 203 Å². The molecule has 0 bridgehead atoms. The fraction of sp³-hybridized carbons (Fsp3) is 0.522. The summed E-state index contributed by atoms with van der Waals surface area (Å²) in [6.07, 6.45) is 4.71. The molecule has 1 saturated heterocycles. The lowest BCUT2D eigenvalue weighted by Gasteiger charge is -2.34. The van der Waals surface area contributed by atoms with Crippen LogP contribution in [0.3, 0.4) is 0 Å². The van der Waals surface area contributed by atoms with Gasteiger partial charge in [-0.05, 0) is 50.9 Å². The Morgan fingerprint density at radius 3 is 2.48 bits per heavy atom. The smallest absolute Gasteiger partial charge is 0.225 e. The number of nitrogens with zero attached hydrogens (tertiary/aromatic N) is 5. The maximum absolute atomic E-state index is 4.76. The van der Waals surface area contributed by atoms with Gasteiger partial charge in [0.25, 0.3) is 0 Å². The highest BCUT2D eigenvalue weighted by molar-refractivity contribution is 14.0. The first-order valence-corrected chi connectivity index (χ1v) is 11.0. The summed E-state index contributed by atoms with van der Waals surface area (Å²) in [6.45, 7) is 14.0. The van der Waals surface area contributed by atoms with Gasteiger partial charge < -0.3 is 15.5 Å². The predicted octanol–water partition coefficient (Wildman–Crippen LogP) is 2.98. The quantitative estimate of drug-likeness (QED) is 0.234. The molecule has 2 N–H and O–H groups in total. The van der Waals surface area contributed by atoms with E-state index in [0.717, 1.165) is 64.1 Å². The van der Waals surface area contributed by atoms with Crippen LogP contribution in [0.2, 0.25) is 0 Å². The molecule has 7 nitrogen and oxygen atoms in total. The zero-order valence-corrected chi connectivity index (χ0v) is 21.3. The predicted molar refractivity (Wildman–Crippen MR) is 139 cm³/mol. The van der Waals surface area contributed by atoms with E-state index < -0.39 is 0 Å². The Hall–Kier alpha value is -1.94. The van der Waals surface area contributed by atoms with E-state index in [1.165, 1.54) is 16.7 Å². The minimum atomic E-state index is 0. The van der Waals surface area contributed by atoms with Crippen LogP contribution in [0.1, 0.15) is 30.0 Å². The van der Waals surface area contributed by atoms with Gasteiger partial charge in [-0.3, -0.25) is 4.90 Å². The van der Waals surface area contributed by atoms with E-state index in [2.05, 4.69) is 69.4 Å². The fourth-order valence-corrected chi connectivity index (χ4v) is 3.66. The Balaban J connectivity index is 0.00000341. The molecule has 0 radical (unpaired) electrons. The third kappa shape index (κ3) is 8.25. The largest absolute Gasteiger partial charge is 0.357 e. The number of hydrogen-bond acceptors (Lipinski definition) is 5. The van der Waals surface area contributed by atoms with Crippen LogP contribution in [-0.2, 0) is 6.54 Å². The van der Waals surface area contributed by atoms with Crippen LogP contribution in [0.15, 0.2) is 41.7 Å². The fourth-order valence-electron chi connectivity index (χ4n) is 3.66. The zero-order valence-electron chi connectivity index (χ0n) is 19.0. The number of rotatable bonds is 8. The Bertz CT molecular complexity index is 805. The van der Waals surface area contributed by atoms with Gasteiger partial charge in [-0.2, -0.15) is 0 Å². The highest BCUT2D eigenvalue weighted by atomic mass is 127. The van der Waals surface area contributed by atoms with Crippen molar-refractivity contribution < 1.29 is 0 Å². The number of hydrogen-bond donors (Lipinski definition) is 2. The normalized spacial score (nSPS) is 14.8. The van der Waals surface area contributed by atoms with Gasteiger partial charge in [0.2, 0.25) is 5.95 Å². The molecule has 1 aromatic carbocycles. The molecular formula is C23H36IN7. The lowest BCUT2D eigenvalue weighted by molar-refractivity contribution is 0.254. The van der Waals surface area contributed by atoms with Gasteiger partial charge in [-0.15, -0.1) is 24.0 Å². The molecule has 0 aliphatic carbocycles. The van der Waals surface area contributed by atoms with Crippen LogP contribution in [0, 0.1) is 13.8 Å². The standard InChI is InChI=1S/C23H35N7.HI/c1-4-24-22(28-18-21-8-7-19(2)17-20(21)3)25-11-6-12-29-13-15-30(16-14-29)23-26-9-5-10-27-23;/h5,7-10,17H,4,6,11-16,18H2,1-3H3,(H2,24,25,28);1H. The molecule has 1 aromatic heterocycles. The Morgan fingerprint density at radius 1 is 1.06 bits per heavy atom.